The van der Waals surface area contributed by atoms with E-state index < -0.39 is 0 Å². The van der Waals surface area contributed by atoms with Gasteiger partial charge in [0.25, 0.3) is 5.91 Å². The molecule has 1 aromatic carbocycles. The van der Waals surface area contributed by atoms with Crippen LogP contribution in [0.25, 0.3) is 0 Å². The minimum atomic E-state index is -0.0145. The van der Waals surface area contributed by atoms with Crippen molar-refractivity contribution in [3.05, 3.63) is 47.8 Å². The number of carbonyl (C=O) groups excluding carboxylic acids is 1. The normalized spacial score (nSPS) is 10.4. The van der Waals surface area contributed by atoms with Gasteiger partial charge < -0.3 is 10.6 Å². The van der Waals surface area contributed by atoms with Crippen molar-refractivity contribution in [2.45, 2.75) is 13.5 Å². The molecule has 100 valence electrons. The van der Waals surface area contributed by atoms with E-state index in [1.165, 1.54) is 0 Å². The molecule has 0 unspecified atom stereocenters. The van der Waals surface area contributed by atoms with Gasteiger partial charge in [-0.05, 0) is 30.7 Å². The Bertz CT molecular complexity index is 559. The lowest BCUT2D eigenvalue weighted by Gasteiger charge is -2.21. The summed E-state index contributed by atoms with van der Waals surface area (Å²) in [7, 11) is 1.77. The first kappa shape index (κ1) is 13.1. The molecule has 0 atom stereocenters. The van der Waals surface area contributed by atoms with Gasteiger partial charge in [-0.25, -0.2) is 0 Å². The number of nitrogens with zero attached hydrogens (tertiary/aromatic N) is 3. The zero-order chi connectivity index (χ0) is 13.8. The Morgan fingerprint density at radius 3 is 2.53 bits per heavy atom. The number of benzene rings is 1. The smallest absolute Gasteiger partial charge is 0.272 e. The highest BCUT2D eigenvalue weighted by atomic mass is 16.2. The standard InChI is InChI=1S/C14H18N4O/c1-3-18(10-11-4-6-12(15)7-5-11)14(19)13-8-9-16-17(13)2/h4-9H,3,10,15H2,1-2H3. The van der Waals surface area contributed by atoms with Crippen LogP contribution in [0.2, 0.25) is 0 Å². The van der Waals surface area contributed by atoms with Crippen LogP contribution in [0, 0.1) is 0 Å². The van der Waals surface area contributed by atoms with Crippen molar-refractivity contribution in [3.8, 4) is 0 Å². The second-order valence-corrected chi connectivity index (χ2v) is 4.40. The molecule has 5 nitrogen and oxygen atoms in total. The summed E-state index contributed by atoms with van der Waals surface area (Å²) in [6.45, 7) is 3.18. The minimum absolute atomic E-state index is 0.0145. The lowest BCUT2D eigenvalue weighted by molar-refractivity contribution is 0.0741. The fourth-order valence-electron chi connectivity index (χ4n) is 1.92. The molecule has 0 spiro atoms. The topological polar surface area (TPSA) is 64.2 Å². The molecule has 19 heavy (non-hydrogen) atoms. The van der Waals surface area contributed by atoms with Gasteiger partial charge in [0.15, 0.2) is 0 Å². The Hall–Kier alpha value is -2.30. The number of anilines is 1. The Labute approximate surface area is 112 Å². The van der Waals surface area contributed by atoms with Crippen molar-refractivity contribution in [2.24, 2.45) is 7.05 Å². The van der Waals surface area contributed by atoms with E-state index in [1.54, 1.807) is 28.9 Å². The van der Waals surface area contributed by atoms with E-state index >= 15 is 0 Å². The van der Waals surface area contributed by atoms with E-state index in [9.17, 15) is 4.79 Å². The minimum Gasteiger partial charge on any atom is -0.399 e. The van der Waals surface area contributed by atoms with Gasteiger partial charge in [0.1, 0.15) is 5.69 Å². The van der Waals surface area contributed by atoms with Gasteiger partial charge in [-0.15, -0.1) is 0 Å². The first-order valence-corrected chi connectivity index (χ1v) is 6.23. The van der Waals surface area contributed by atoms with Gasteiger partial charge in [0.2, 0.25) is 0 Å². The van der Waals surface area contributed by atoms with Crippen LogP contribution in [-0.2, 0) is 13.6 Å². The van der Waals surface area contributed by atoms with Gasteiger partial charge >= 0.3 is 0 Å². The number of rotatable bonds is 4. The van der Waals surface area contributed by atoms with Gasteiger partial charge in [-0.3, -0.25) is 9.48 Å². The Balaban J connectivity index is 2.14. The van der Waals surface area contributed by atoms with Crippen molar-refractivity contribution in [1.82, 2.24) is 14.7 Å². The van der Waals surface area contributed by atoms with Crippen LogP contribution in [0.4, 0.5) is 5.69 Å². The Morgan fingerprint density at radius 1 is 1.32 bits per heavy atom. The molecule has 0 aliphatic heterocycles. The maximum absolute atomic E-state index is 12.4. The van der Waals surface area contributed by atoms with Crippen LogP contribution in [-0.4, -0.2) is 27.1 Å². The lowest BCUT2D eigenvalue weighted by Crippen LogP contribution is -2.31. The third-order valence-electron chi connectivity index (χ3n) is 3.06. The fraction of sp³-hybridized carbons (Fsp3) is 0.286. The van der Waals surface area contributed by atoms with Gasteiger partial charge in [-0.1, -0.05) is 12.1 Å². The van der Waals surface area contributed by atoms with Crippen LogP contribution in [0.15, 0.2) is 36.5 Å². The molecule has 2 rings (SSSR count). The summed E-state index contributed by atoms with van der Waals surface area (Å²) in [5, 5.41) is 4.03. The molecule has 0 saturated carbocycles. The molecular weight excluding hydrogens is 240 g/mol. The second-order valence-electron chi connectivity index (χ2n) is 4.40. The summed E-state index contributed by atoms with van der Waals surface area (Å²) in [5.41, 5.74) is 8.04. The number of nitrogen functional groups attached to an aromatic ring is 1. The summed E-state index contributed by atoms with van der Waals surface area (Å²) in [6, 6.07) is 9.30. The number of nitrogens with two attached hydrogens (primary N) is 1. The van der Waals surface area contributed by atoms with Crippen molar-refractivity contribution >= 4 is 11.6 Å². The van der Waals surface area contributed by atoms with E-state index in [0.717, 1.165) is 11.3 Å². The van der Waals surface area contributed by atoms with Crippen LogP contribution in [0.3, 0.4) is 0 Å². The summed E-state index contributed by atoms with van der Waals surface area (Å²) >= 11 is 0. The van der Waals surface area contributed by atoms with Crippen molar-refractivity contribution in [2.75, 3.05) is 12.3 Å². The summed E-state index contributed by atoms with van der Waals surface area (Å²) in [6.07, 6.45) is 1.63. The van der Waals surface area contributed by atoms with Gasteiger partial charge in [-0.2, -0.15) is 5.10 Å². The fourth-order valence-corrected chi connectivity index (χ4v) is 1.92. The predicted octanol–water partition coefficient (Wildman–Crippen LogP) is 1.66. The molecule has 0 bridgehead atoms. The number of aryl methyl sites for hydroxylation is 1. The highest BCUT2D eigenvalue weighted by Gasteiger charge is 2.17. The zero-order valence-corrected chi connectivity index (χ0v) is 11.2. The van der Waals surface area contributed by atoms with E-state index in [1.807, 2.05) is 31.2 Å². The maximum atomic E-state index is 12.4. The molecule has 0 saturated heterocycles. The molecule has 0 aliphatic rings. The molecule has 0 fully saturated rings. The average molecular weight is 258 g/mol. The zero-order valence-electron chi connectivity index (χ0n) is 11.2. The summed E-state index contributed by atoms with van der Waals surface area (Å²) < 4.78 is 1.59. The largest absolute Gasteiger partial charge is 0.399 e. The lowest BCUT2D eigenvalue weighted by atomic mass is 10.2. The van der Waals surface area contributed by atoms with Crippen LogP contribution in [0.1, 0.15) is 23.0 Å². The maximum Gasteiger partial charge on any atom is 0.272 e. The molecule has 0 aliphatic carbocycles. The van der Waals surface area contributed by atoms with Crippen LogP contribution >= 0.6 is 0 Å². The molecule has 2 N–H and O–H groups in total. The second kappa shape index (κ2) is 5.56. The van der Waals surface area contributed by atoms with Crippen LogP contribution < -0.4 is 5.73 Å². The number of carbonyl (C=O) groups is 1. The molecule has 1 heterocycles. The van der Waals surface area contributed by atoms with E-state index in [4.69, 9.17) is 5.73 Å². The number of hydrogen-bond donors (Lipinski definition) is 1. The third kappa shape index (κ3) is 2.93. The molecule has 0 radical (unpaired) electrons. The monoisotopic (exact) mass is 258 g/mol. The average Bonchev–Trinajstić information content (AvgIpc) is 2.83. The third-order valence-corrected chi connectivity index (χ3v) is 3.06. The van der Waals surface area contributed by atoms with Crippen molar-refractivity contribution in [1.29, 1.82) is 0 Å². The molecular formula is C14H18N4O. The summed E-state index contributed by atoms with van der Waals surface area (Å²) in [4.78, 5) is 14.1. The Kier molecular flexibility index (Phi) is 3.85. The van der Waals surface area contributed by atoms with Gasteiger partial charge in [0, 0.05) is 32.0 Å². The van der Waals surface area contributed by atoms with Crippen molar-refractivity contribution < 1.29 is 4.79 Å². The SMILES string of the molecule is CCN(Cc1ccc(N)cc1)C(=O)c1ccnn1C. The summed E-state index contributed by atoms with van der Waals surface area (Å²) in [5.74, 6) is -0.0145. The van der Waals surface area contributed by atoms with Crippen molar-refractivity contribution in [3.63, 3.8) is 0 Å². The first-order valence-electron chi connectivity index (χ1n) is 6.23. The quantitative estimate of drug-likeness (QED) is 0.848. The van der Waals surface area contributed by atoms with E-state index in [-0.39, 0.29) is 5.91 Å². The molecule has 1 amide bonds. The van der Waals surface area contributed by atoms with Gasteiger partial charge in [0.05, 0.1) is 0 Å². The number of hydrogen-bond acceptors (Lipinski definition) is 3. The molecule has 2 aromatic rings. The highest BCUT2D eigenvalue weighted by Crippen LogP contribution is 2.11. The Morgan fingerprint density at radius 2 is 2.00 bits per heavy atom. The van der Waals surface area contributed by atoms with Crippen LogP contribution in [0.5, 0.6) is 0 Å². The first-order chi connectivity index (χ1) is 9.11. The predicted molar refractivity (Wildman–Crippen MR) is 74.5 cm³/mol. The van der Waals surface area contributed by atoms with E-state index in [2.05, 4.69) is 5.10 Å². The van der Waals surface area contributed by atoms with E-state index in [0.29, 0.717) is 18.8 Å². The molecule has 1 aromatic heterocycles. The number of aromatic nitrogens is 2. The number of amides is 1. The molecule has 5 heteroatoms. The highest BCUT2D eigenvalue weighted by molar-refractivity contribution is 5.92.